The highest BCUT2D eigenvalue weighted by atomic mass is 79.9. The van der Waals surface area contributed by atoms with Gasteiger partial charge in [0.1, 0.15) is 12.4 Å². The van der Waals surface area contributed by atoms with Gasteiger partial charge in [-0.1, -0.05) is 51.8 Å². The maximum atomic E-state index is 16.6. The van der Waals surface area contributed by atoms with Crippen molar-refractivity contribution < 1.29 is 49.5 Å². The molecule has 2 aliphatic rings. The van der Waals surface area contributed by atoms with E-state index in [0.29, 0.717) is 27.9 Å². The first-order valence-corrected chi connectivity index (χ1v) is 17.1. The van der Waals surface area contributed by atoms with Gasteiger partial charge in [-0.05, 0) is 84.2 Å². The highest BCUT2D eigenvalue weighted by Crippen LogP contribution is 2.43. The smallest absolute Gasteiger partial charge is 0.489 e. The van der Waals surface area contributed by atoms with Gasteiger partial charge < -0.3 is 20.2 Å². The number of rotatable bonds is 10. The highest BCUT2D eigenvalue weighted by molar-refractivity contribution is 9.10. The lowest BCUT2D eigenvalue weighted by atomic mass is 9.94. The summed E-state index contributed by atoms with van der Waals surface area (Å²) in [5.74, 6) is -9.07. The molecule has 2 heterocycles. The number of hydroxylamine groups is 1. The molecule has 258 valence electrons. The number of alkyl halides is 5. The van der Waals surface area contributed by atoms with E-state index >= 15 is 8.78 Å². The van der Waals surface area contributed by atoms with Crippen molar-refractivity contribution in [1.82, 2.24) is 9.37 Å². The summed E-state index contributed by atoms with van der Waals surface area (Å²) in [5.41, 5.74) is 5.85. The van der Waals surface area contributed by atoms with Gasteiger partial charge in [-0.15, -0.1) is 0 Å². The molecule has 0 aromatic heterocycles. The molecule has 0 spiro atoms. The van der Waals surface area contributed by atoms with Crippen molar-refractivity contribution in [3.05, 3.63) is 93.4 Å². The number of fused-ring (bicyclic) bond motifs is 2. The minimum absolute atomic E-state index is 0.0242. The zero-order valence-corrected chi connectivity index (χ0v) is 27.9. The number of amides is 1. The van der Waals surface area contributed by atoms with Gasteiger partial charge in [0.2, 0.25) is 6.04 Å². The first-order valence-electron chi connectivity index (χ1n) is 14.5. The molecule has 48 heavy (non-hydrogen) atoms. The fourth-order valence-electron chi connectivity index (χ4n) is 5.86. The molecule has 0 radical (unpaired) electrons. The summed E-state index contributed by atoms with van der Waals surface area (Å²) in [6.07, 6.45) is -4.71. The van der Waals surface area contributed by atoms with E-state index in [1.807, 2.05) is 0 Å². The van der Waals surface area contributed by atoms with E-state index < -0.39 is 67.1 Å². The van der Waals surface area contributed by atoms with Gasteiger partial charge in [-0.25, -0.2) is 13.2 Å². The number of carbonyl (C=O) groups is 2. The van der Waals surface area contributed by atoms with Crippen LogP contribution >= 0.6 is 27.5 Å². The summed E-state index contributed by atoms with van der Waals surface area (Å²) in [6.45, 7) is 0.0242. The van der Waals surface area contributed by atoms with Crippen LogP contribution in [0.1, 0.15) is 36.8 Å². The number of nitrogens with two attached hydrogens (primary N) is 1. The van der Waals surface area contributed by atoms with Crippen LogP contribution in [0.5, 0.6) is 5.75 Å². The van der Waals surface area contributed by atoms with Crippen LogP contribution in [0.15, 0.2) is 82.2 Å². The first kappa shape index (κ1) is 36.0. The van der Waals surface area contributed by atoms with Crippen LogP contribution in [0, 0.1) is 0 Å². The second-order valence-corrected chi connectivity index (χ2v) is 14.6. The van der Waals surface area contributed by atoms with Crippen LogP contribution in [0.2, 0.25) is 5.02 Å². The third-order valence-electron chi connectivity index (χ3n) is 8.12. The molecule has 0 saturated carbocycles. The molecule has 5 rings (SSSR count). The molecule has 2 fully saturated rings. The van der Waals surface area contributed by atoms with E-state index in [1.165, 1.54) is 12.1 Å². The Morgan fingerprint density at radius 2 is 1.50 bits per heavy atom. The fraction of sp³-hybridized carbons (Fsp3) is 0.355. The van der Waals surface area contributed by atoms with Gasteiger partial charge in [0.15, 0.2) is 0 Å². The minimum atomic E-state index is -5.81. The Kier molecular flexibility index (Phi) is 10.4. The number of sulfonamides is 1. The van der Waals surface area contributed by atoms with Crippen LogP contribution < -0.4 is 10.5 Å². The molecule has 17 heteroatoms. The maximum Gasteiger partial charge on any atom is 0.492 e. The summed E-state index contributed by atoms with van der Waals surface area (Å²) in [6, 6.07) is 9.67. The van der Waals surface area contributed by atoms with Crippen molar-refractivity contribution >= 4 is 49.4 Å². The predicted molar refractivity (Wildman–Crippen MR) is 166 cm³/mol. The Morgan fingerprint density at radius 1 is 0.938 bits per heavy atom. The molecule has 9 nitrogen and oxygen atoms in total. The molecule has 2 unspecified atom stereocenters. The second kappa shape index (κ2) is 13.9. The van der Waals surface area contributed by atoms with Gasteiger partial charge in [0.25, 0.3) is 15.9 Å². The molecule has 2 saturated heterocycles. The van der Waals surface area contributed by atoms with E-state index in [2.05, 4.69) is 20.8 Å². The normalized spacial score (nSPS) is 20.4. The van der Waals surface area contributed by atoms with Gasteiger partial charge in [-0.2, -0.15) is 22.0 Å². The van der Waals surface area contributed by atoms with Crippen molar-refractivity contribution in [3.63, 3.8) is 0 Å². The molecule has 1 amide bonds. The number of carbonyl (C=O) groups excluding carboxylic acids is 2. The van der Waals surface area contributed by atoms with E-state index in [-0.39, 0.29) is 31.2 Å². The Bertz CT molecular complexity index is 1730. The molecular weight excluding hydrogens is 753 g/mol. The van der Waals surface area contributed by atoms with Crippen LogP contribution in [0.4, 0.5) is 22.0 Å². The lowest BCUT2D eigenvalue weighted by molar-refractivity contribution is -0.240. The number of nitrogens with zero attached hydrogens (tertiary/aromatic N) is 2. The summed E-state index contributed by atoms with van der Waals surface area (Å²) in [5, 5.41) is 0.489. The van der Waals surface area contributed by atoms with Crippen LogP contribution in [0.25, 0.3) is 0 Å². The van der Waals surface area contributed by atoms with Crippen molar-refractivity contribution in [2.45, 2.75) is 73.5 Å². The molecule has 2 bridgehead atoms. The third kappa shape index (κ3) is 7.62. The standard InChI is InChI=1S/C31H28BrClF5N3O6S/c32-20-5-3-19(4-6-20)30(34,35)27(28(42)40-23-9-10-24(40)16-22(39)15-23)41(47-29(43)31(36,37)38)48(44,45)26-13-11-25(12-14-26)46-17-18-1-7-21(33)8-2-18/h1-8,11-14,22-24,27H,9-10,15-17,39H2/t22?,23?,24?,27-/m0/s1. The van der Waals surface area contributed by atoms with Crippen LogP contribution in [-0.2, 0) is 37.0 Å². The van der Waals surface area contributed by atoms with Gasteiger partial charge >= 0.3 is 18.1 Å². The van der Waals surface area contributed by atoms with Crippen LogP contribution in [0.3, 0.4) is 0 Å². The maximum absolute atomic E-state index is 16.6. The monoisotopic (exact) mass is 779 g/mol. The summed E-state index contributed by atoms with van der Waals surface area (Å²) in [7, 11) is -5.59. The Hall–Kier alpha value is -3.31. The molecule has 0 aliphatic carbocycles. The number of ether oxygens (including phenoxy) is 1. The lowest BCUT2D eigenvalue weighted by Gasteiger charge is -2.42. The van der Waals surface area contributed by atoms with Crippen molar-refractivity contribution in [2.24, 2.45) is 5.73 Å². The minimum Gasteiger partial charge on any atom is -0.489 e. The first-order chi connectivity index (χ1) is 22.5. The second-order valence-electron chi connectivity index (χ2n) is 11.4. The number of hydrogen-bond donors (Lipinski definition) is 1. The molecular formula is C31H28BrClF5N3O6S. The lowest BCUT2D eigenvalue weighted by Crippen LogP contribution is -2.62. The molecule has 2 N–H and O–H groups in total. The van der Waals surface area contributed by atoms with E-state index in [4.69, 9.17) is 22.1 Å². The van der Waals surface area contributed by atoms with E-state index in [0.717, 1.165) is 41.3 Å². The highest BCUT2D eigenvalue weighted by Gasteiger charge is 2.60. The fourth-order valence-corrected chi connectivity index (χ4v) is 7.60. The van der Waals surface area contributed by atoms with Gasteiger partial charge in [0, 0.05) is 33.2 Å². The Balaban J connectivity index is 1.57. The van der Waals surface area contributed by atoms with Gasteiger partial charge in [-0.3, -0.25) is 4.79 Å². The van der Waals surface area contributed by atoms with Crippen molar-refractivity contribution in [3.8, 4) is 5.75 Å². The molecule has 3 atom stereocenters. The average molecular weight is 781 g/mol. The average Bonchev–Trinajstić information content (AvgIpc) is 3.30. The number of piperidine rings is 1. The molecule has 3 aromatic rings. The quantitative estimate of drug-likeness (QED) is 0.189. The zero-order chi connectivity index (χ0) is 35.0. The summed E-state index contributed by atoms with van der Waals surface area (Å²) in [4.78, 5) is 30.8. The number of benzene rings is 3. The summed E-state index contributed by atoms with van der Waals surface area (Å²) >= 11 is 8.98. The summed E-state index contributed by atoms with van der Waals surface area (Å²) < 4.78 is 107. The Labute approximate surface area is 285 Å². The van der Waals surface area contributed by atoms with Gasteiger partial charge in [0.05, 0.1) is 4.90 Å². The number of hydrogen-bond acceptors (Lipinski definition) is 7. The molecule has 2 aliphatic heterocycles. The SMILES string of the molecule is NC1CC2CCC(C1)N2C(=O)[C@H](N(OC(=O)C(F)(F)F)S(=O)(=O)c1ccc(OCc2ccc(Cl)cc2)cc1)C(F)(F)c1ccc(Br)cc1. The van der Waals surface area contributed by atoms with Crippen molar-refractivity contribution in [2.75, 3.05) is 0 Å². The Morgan fingerprint density at radius 3 is 2.04 bits per heavy atom. The van der Waals surface area contributed by atoms with Crippen LogP contribution in [-0.4, -0.2) is 60.0 Å². The van der Waals surface area contributed by atoms with Crippen molar-refractivity contribution in [1.29, 1.82) is 0 Å². The van der Waals surface area contributed by atoms with E-state index in [9.17, 15) is 31.2 Å². The zero-order valence-electron chi connectivity index (χ0n) is 24.7. The molecule has 3 aromatic carbocycles. The topological polar surface area (TPSA) is 119 Å². The predicted octanol–water partition coefficient (Wildman–Crippen LogP) is 6.33. The van der Waals surface area contributed by atoms with E-state index in [1.54, 1.807) is 24.3 Å². The number of halogens is 7. The third-order valence-corrected chi connectivity index (χ3v) is 10.5. The largest absolute Gasteiger partial charge is 0.492 e.